The summed E-state index contributed by atoms with van der Waals surface area (Å²) in [5.41, 5.74) is 0. The topological polar surface area (TPSA) is 20.3 Å². The van der Waals surface area contributed by atoms with Crippen molar-refractivity contribution < 1.29 is 4.79 Å². The lowest BCUT2D eigenvalue weighted by molar-refractivity contribution is 0.0647. The Balaban J connectivity index is 2.13. The first-order valence-corrected chi connectivity index (χ1v) is 8.07. The summed E-state index contributed by atoms with van der Waals surface area (Å²) in [6, 6.07) is 4.20. The third kappa shape index (κ3) is 2.68. The van der Waals surface area contributed by atoms with E-state index in [1.54, 1.807) is 0 Å². The van der Waals surface area contributed by atoms with Crippen LogP contribution in [0.1, 0.15) is 28.9 Å². The maximum Gasteiger partial charge on any atom is 0.264 e. The van der Waals surface area contributed by atoms with Crippen LogP contribution in [0.5, 0.6) is 0 Å². The Bertz CT molecular complexity index is 380. The molecular formula is C11H13Br2NOS. The summed E-state index contributed by atoms with van der Waals surface area (Å²) >= 11 is 8.40. The average molecular weight is 367 g/mol. The first kappa shape index (κ1) is 12.6. The summed E-state index contributed by atoms with van der Waals surface area (Å²) in [7, 11) is 0. The number of thiophene rings is 1. The molecule has 0 spiro atoms. The monoisotopic (exact) mass is 365 g/mol. The lowest BCUT2D eigenvalue weighted by Crippen LogP contribution is -2.44. The summed E-state index contributed by atoms with van der Waals surface area (Å²) < 4.78 is 1.02. The van der Waals surface area contributed by atoms with Crippen molar-refractivity contribution in [3.05, 3.63) is 20.8 Å². The minimum absolute atomic E-state index is 0.180. The largest absolute Gasteiger partial charge is 0.334 e. The van der Waals surface area contributed by atoms with Crippen molar-refractivity contribution in [1.29, 1.82) is 0 Å². The second-order valence-corrected chi connectivity index (χ2v) is 7.02. The van der Waals surface area contributed by atoms with Gasteiger partial charge in [0.2, 0.25) is 0 Å². The third-order valence-corrected chi connectivity index (χ3v) is 5.21. The molecule has 2 nitrogen and oxygen atoms in total. The zero-order valence-corrected chi connectivity index (χ0v) is 12.8. The maximum absolute atomic E-state index is 12.3. The number of alkyl halides is 1. The number of piperidine rings is 1. The van der Waals surface area contributed by atoms with Gasteiger partial charge in [-0.2, -0.15) is 0 Å². The Labute approximate surface area is 116 Å². The van der Waals surface area contributed by atoms with E-state index in [-0.39, 0.29) is 5.91 Å². The molecule has 1 unspecified atom stereocenters. The second kappa shape index (κ2) is 5.65. The lowest BCUT2D eigenvalue weighted by atomic mass is 10.0. The van der Waals surface area contributed by atoms with Crippen molar-refractivity contribution >= 4 is 49.1 Å². The Morgan fingerprint density at radius 2 is 2.31 bits per heavy atom. The van der Waals surface area contributed by atoms with Crippen LogP contribution < -0.4 is 0 Å². The number of hydrogen-bond donors (Lipinski definition) is 0. The predicted molar refractivity (Wildman–Crippen MR) is 74.5 cm³/mol. The van der Waals surface area contributed by atoms with Gasteiger partial charge < -0.3 is 4.90 Å². The van der Waals surface area contributed by atoms with Gasteiger partial charge in [-0.3, -0.25) is 4.79 Å². The summed E-state index contributed by atoms with van der Waals surface area (Å²) in [4.78, 5) is 15.1. The quantitative estimate of drug-likeness (QED) is 0.727. The zero-order chi connectivity index (χ0) is 11.5. The molecular weight excluding hydrogens is 354 g/mol. The highest BCUT2D eigenvalue weighted by Crippen LogP contribution is 2.26. The second-order valence-electron chi connectivity index (χ2n) is 3.91. The van der Waals surface area contributed by atoms with Crippen LogP contribution in [0.25, 0.3) is 0 Å². The molecule has 1 atom stereocenters. The minimum Gasteiger partial charge on any atom is -0.334 e. The molecule has 1 aliphatic heterocycles. The van der Waals surface area contributed by atoms with Gasteiger partial charge in [0.25, 0.3) is 5.91 Å². The predicted octanol–water partition coefficient (Wildman–Crippen LogP) is 3.90. The molecule has 0 N–H and O–H groups in total. The SMILES string of the molecule is O=C(c1ccc(Br)s1)N1CCCCC1CBr. The van der Waals surface area contributed by atoms with Gasteiger partial charge in [0.15, 0.2) is 0 Å². The van der Waals surface area contributed by atoms with Crippen LogP contribution in [0.2, 0.25) is 0 Å². The summed E-state index contributed by atoms with van der Waals surface area (Å²) in [5.74, 6) is 0.180. The molecule has 1 fully saturated rings. The lowest BCUT2D eigenvalue weighted by Gasteiger charge is -2.34. The number of carbonyl (C=O) groups excluding carboxylic acids is 1. The minimum atomic E-state index is 0.180. The van der Waals surface area contributed by atoms with E-state index in [9.17, 15) is 4.79 Å². The number of hydrogen-bond acceptors (Lipinski definition) is 2. The molecule has 88 valence electrons. The van der Waals surface area contributed by atoms with Crippen LogP contribution >= 0.6 is 43.2 Å². The first-order valence-electron chi connectivity index (χ1n) is 5.34. The van der Waals surface area contributed by atoms with Crippen molar-refractivity contribution in [1.82, 2.24) is 4.90 Å². The van der Waals surface area contributed by atoms with E-state index in [4.69, 9.17) is 0 Å². The maximum atomic E-state index is 12.3. The molecule has 1 aliphatic rings. The van der Waals surface area contributed by atoms with E-state index in [0.717, 1.165) is 33.4 Å². The van der Waals surface area contributed by atoms with Crippen LogP contribution in [0.4, 0.5) is 0 Å². The van der Waals surface area contributed by atoms with Gasteiger partial charge in [0.1, 0.15) is 0 Å². The van der Waals surface area contributed by atoms with Crippen LogP contribution in [-0.4, -0.2) is 28.7 Å². The fraction of sp³-hybridized carbons (Fsp3) is 0.545. The van der Waals surface area contributed by atoms with Crippen LogP contribution in [0, 0.1) is 0 Å². The van der Waals surface area contributed by atoms with Gasteiger partial charge in [0, 0.05) is 17.9 Å². The molecule has 1 saturated heterocycles. The highest BCUT2D eigenvalue weighted by atomic mass is 79.9. The number of amides is 1. The molecule has 2 rings (SSSR count). The zero-order valence-electron chi connectivity index (χ0n) is 8.79. The van der Waals surface area contributed by atoms with Crippen molar-refractivity contribution in [2.45, 2.75) is 25.3 Å². The van der Waals surface area contributed by atoms with E-state index in [1.165, 1.54) is 17.8 Å². The standard InChI is InChI=1S/C11H13Br2NOS/c12-7-8-3-1-2-6-14(8)11(15)9-4-5-10(13)16-9/h4-5,8H,1-3,6-7H2. The van der Waals surface area contributed by atoms with E-state index in [2.05, 4.69) is 31.9 Å². The molecule has 0 aromatic carbocycles. The molecule has 16 heavy (non-hydrogen) atoms. The first-order chi connectivity index (χ1) is 7.72. The van der Waals surface area contributed by atoms with Gasteiger partial charge in [-0.1, -0.05) is 15.9 Å². The van der Waals surface area contributed by atoms with Gasteiger partial charge in [-0.25, -0.2) is 0 Å². The summed E-state index contributed by atoms with van der Waals surface area (Å²) in [6.07, 6.45) is 3.47. The smallest absolute Gasteiger partial charge is 0.264 e. The molecule has 1 amide bonds. The number of rotatable bonds is 2. The molecule has 1 aromatic rings. The highest BCUT2D eigenvalue weighted by molar-refractivity contribution is 9.11. The number of halogens is 2. The molecule has 1 aromatic heterocycles. The average Bonchev–Trinajstić information content (AvgIpc) is 2.75. The molecule has 0 saturated carbocycles. The van der Waals surface area contributed by atoms with E-state index >= 15 is 0 Å². The summed E-state index contributed by atoms with van der Waals surface area (Å²) in [6.45, 7) is 0.893. The van der Waals surface area contributed by atoms with Crippen LogP contribution in [-0.2, 0) is 0 Å². The van der Waals surface area contributed by atoms with E-state index in [0.29, 0.717) is 6.04 Å². The summed E-state index contributed by atoms with van der Waals surface area (Å²) in [5, 5.41) is 0.880. The van der Waals surface area contributed by atoms with E-state index in [1.807, 2.05) is 17.0 Å². The number of likely N-dealkylation sites (tertiary alicyclic amines) is 1. The molecule has 0 bridgehead atoms. The normalized spacial score (nSPS) is 21.1. The Morgan fingerprint density at radius 1 is 1.50 bits per heavy atom. The van der Waals surface area contributed by atoms with Crippen molar-refractivity contribution in [3.63, 3.8) is 0 Å². The fourth-order valence-corrected chi connectivity index (χ4v) is 4.01. The molecule has 5 heteroatoms. The van der Waals surface area contributed by atoms with Gasteiger partial charge in [0.05, 0.1) is 8.66 Å². The molecule has 0 radical (unpaired) electrons. The van der Waals surface area contributed by atoms with Gasteiger partial charge >= 0.3 is 0 Å². The van der Waals surface area contributed by atoms with Crippen molar-refractivity contribution in [2.24, 2.45) is 0 Å². The Hall–Kier alpha value is 0.130. The Kier molecular flexibility index (Phi) is 4.44. The molecule has 2 heterocycles. The van der Waals surface area contributed by atoms with Crippen molar-refractivity contribution in [2.75, 3.05) is 11.9 Å². The van der Waals surface area contributed by atoms with Crippen LogP contribution in [0.15, 0.2) is 15.9 Å². The fourth-order valence-electron chi connectivity index (χ4n) is 2.00. The number of nitrogens with zero attached hydrogens (tertiary/aromatic N) is 1. The highest BCUT2D eigenvalue weighted by Gasteiger charge is 2.27. The van der Waals surface area contributed by atoms with E-state index < -0.39 is 0 Å². The third-order valence-electron chi connectivity index (χ3n) is 2.85. The van der Waals surface area contributed by atoms with Gasteiger partial charge in [-0.15, -0.1) is 11.3 Å². The van der Waals surface area contributed by atoms with Gasteiger partial charge in [-0.05, 0) is 47.3 Å². The van der Waals surface area contributed by atoms with Crippen molar-refractivity contribution in [3.8, 4) is 0 Å². The molecule has 0 aliphatic carbocycles. The number of carbonyl (C=O) groups is 1. The van der Waals surface area contributed by atoms with Crippen LogP contribution in [0.3, 0.4) is 0 Å². The Morgan fingerprint density at radius 3 is 2.94 bits per heavy atom.